The third kappa shape index (κ3) is 4.61. The van der Waals surface area contributed by atoms with Crippen LogP contribution in [0.1, 0.15) is 17.7 Å². The Morgan fingerprint density at radius 1 is 1.26 bits per heavy atom. The molecule has 7 heteroatoms. The topological polar surface area (TPSA) is 51.0 Å². The number of anilines is 1. The molecular formula is C12H12F3N3O. The fraction of sp³-hybridized carbons (Fsp3) is 0.333. The molecule has 0 aromatic carbocycles. The molecule has 0 aliphatic carbocycles. The lowest BCUT2D eigenvalue weighted by Crippen LogP contribution is -2.10. The van der Waals surface area contributed by atoms with Crippen molar-refractivity contribution in [3.63, 3.8) is 0 Å². The number of rotatable bonds is 5. The number of nitrogens with zero attached hydrogens (tertiary/aromatic N) is 2. The first-order chi connectivity index (χ1) is 9.03. The highest BCUT2D eigenvalue weighted by Gasteiger charge is 2.26. The number of halogens is 3. The third-order valence-corrected chi connectivity index (χ3v) is 2.41. The van der Waals surface area contributed by atoms with Gasteiger partial charge >= 0.3 is 6.18 Å². The molecule has 0 bridgehead atoms. The SMILES string of the molecule is FC(F)(F)CCc1ccnc(NCc2ccoc2)n1. The van der Waals surface area contributed by atoms with Crippen LogP contribution in [0.3, 0.4) is 0 Å². The Labute approximate surface area is 107 Å². The maximum Gasteiger partial charge on any atom is 0.389 e. The van der Waals surface area contributed by atoms with E-state index in [-0.39, 0.29) is 6.42 Å². The third-order valence-electron chi connectivity index (χ3n) is 2.41. The summed E-state index contributed by atoms with van der Waals surface area (Å²) in [4.78, 5) is 7.97. The van der Waals surface area contributed by atoms with Crippen LogP contribution in [-0.2, 0) is 13.0 Å². The van der Waals surface area contributed by atoms with Crippen LogP contribution < -0.4 is 5.32 Å². The molecule has 2 heterocycles. The van der Waals surface area contributed by atoms with Crippen LogP contribution in [0, 0.1) is 0 Å². The number of nitrogens with one attached hydrogen (secondary N) is 1. The van der Waals surface area contributed by atoms with Gasteiger partial charge in [-0.05, 0) is 18.6 Å². The number of hydrogen-bond acceptors (Lipinski definition) is 4. The van der Waals surface area contributed by atoms with Gasteiger partial charge in [0.25, 0.3) is 0 Å². The van der Waals surface area contributed by atoms with Crippen molar-refractivity contribution in [2.45, 2.75) is 25.6 Å². The second-order valence-corrected chi connectivity index (χ2v) is 3.97. The first kappa shape index (κ1) is 13.4. The van der Waals surface area contributed by atoms with Crippen molar-refractivity contribution in [3.05, 3.63) is 42.1 Å². The number of alkyl halides is 3. The minimum atomic E-state index is -4.17. The van der Waals surface area contributed by atoms with Crippen molar-refractivity contribution in [1.29, 1.82) is 0 Å². The molecule has 0 spiro atoms. The molecule has 0 amide bonds. The summed E-state index contributed by atoms with van der Waals surface area (Å²) in [5.41, 5.74) is 1.27. The van der Waals surface area contributed by atoms with E-state index in [0.29, 0.717) is 18.2 Å². The summed E-state index contributed by atoms with van der Waals surface area (Å²) in [6.07, 6.45) is -0.651. The number of hydrogen-bond donors (Lipinski definition) is 1. The van der Waals surface area contributed by atoms with Gasteiger partial charge in [0.15, 0.2) is 0 Å². The predicted molar refractivity (Wildman–Crippen MR) is 62.4 cm³/mol. The molecule has 4 nitrogen and oxygen atoms in total. The Morgan fingerprint density at radius 3 is 2.79 bits per heavy atom. The molecule has 0 saturated carbocycles. The van der Waals surface area contributed by atoms with Crippen molar-refractivity contribution >= 4 is 5.95 Å². The number of aryl methyl sites for hydroxylation is 1. The van der Waals surface area contributed by atoms with Gasteiger partial charge in [-0.3, -0.25) is 0 Å². The fourth-order valence-corrected chi connectivity index (χ4v) is 1.46. The lowest BCUT2D eigenvalue weighted by atomic mass is 10.2. The smallest absolute Gasteiger partial charge is 0.389 e. The highest BCUT2D eigenvalue weighted by molar-refractivity contribution is 5.27. The van der Waals surface area contributed by atoms with Gasteiger partial charge in [-0.1, -0.05) is 0 Å². The van der Waals surface area contributed by atoms with E-state index in [1.807, 2.05) is 0 Å². The summed E-state index contributed by atoms with van der Waals surface area (Å²) in [6.45, 7) is 0.458. The fourth-order valence-electron chi connectivity index (χ4n) is 1.46. The zero-order chi connectivity index (χ0) is 13.7. The van der Waals surface area contributed by atoms with Crippen molar-refractivity contribution in [2.75, 3.05) is 5.32 Å². The lowest BCUT2D eigenvalue weighted by molar-refractivity contribution is -0.134. The van der Waals surface area contributed by atoms with Gasteiger partial charge in [-0.15, -0.1) is 0 Å². The van der Waals surface area contributed by atoms with Crippen molar-refractivity contribution in [2.24, 2.45) is 0 Å². The van der Waals surface area contributed by atoms with E-state index in [0.717, 1.165) is 5.56 Å². The maximum absolute atomic E-state index is 12.1. The second-order valence-electron chi connectivity index (χ2n) is 3.97. The molecule has 0 radical (unpaired) electrons. The van der Waals surface area contributed by atoms with Gasteiger partial charge in [0.2, 0.25) is 5.95 Å². The van der Waals surface area contributed by atoms with Crippen LogP contribution in [0.15, 0.2) is 35.3 Å². The normalized spacial score (nSPS) is 11.5. The highest BCUT2D eigenvalue weighted by Crippen LogP contribution is 2.21. The molecule has 0 aliphatic heterocycles. The van der Waals surface area contributed by atoms with Crippen molar-refractivity contribution < 1.29 is 17.6 Å². The molecule has 2 aromatic heterocycles. The van der Waals surface area contributed by atoms with Crippen LogP contribution in [0.5, 0.6) is 0 Å². The van der Waals surface area contributed by atoms with E-state index in [1.54, 1.807) is 12.3 Å². The first-order valence-corrected chi connectivity index (χ1v) is 5.66. The van der Waals surface area contributed by atoms with Gasteiger partial charge < -0.3 is 9.73 Å². The van der Waals surface area contributed by atoms with Gasteiger partial charge in [0, 0.05) is 30.4 Å². The Kier molecular flexibility index (Phi) is 4.03. The molecule has 0 fully saturated rings. The summed E-state index contributed by atoms with van der Waals surface area (Å²) in [6, 6.07) is 3.26. The average Bonchev–Trinajstić information content (AvgIpc) is 2.87. The van der Waals surface area contributed by atoms with Crippen LogP contribution in [-0.4, -0.2) is 16.1 Å². The molecule has 2 aromatic rings. The first-order valence-electron chi connectivity index (χ1n) is 5.66. The maximum atomic E-state index is 12.1. The van der Waals surface area contributed by atoms with Crippen LogP contribution >= 0.6 is 0 Å². The summed E-state index contributed by atoms with van der Waals surface area (Å²) in [5, 5.41) is 2.92. The quantitative estimate of drug-likeness (QED) is 0.907. The van der Waals surface area contributed by atoms with E-state index in [1.165, 1.54) is 18.5 Å². The Hall–Kier alpha value is -2.05. The van der Waals surface area contributed by atoms with E-state index >= 15 is 0 Å². The minimum Gasteiger partial charge on any atom is -0.472 e. The summed E-state index contributed by atoms with van der Waals surface area (Å²) < 4.78 is 41.2. The molecule has 2 rings (SSSR count). The zero-order valence-electron chi connectivity index (χ0n) is 9.94. The predicted octanol–water partition coefficient (Wildman–Crippen LogP) is 3.18. The summed E-state index contributed by atoms with van der Waals surface area (Å²) in [5.74, 6) is 0.306. The molecule has 0 aliphatic rings. The van der Waals surface area contributed by atoms with Crippen molar-refractivity contribution in [1.82, 2.24) is 9.97 Å². The van der Waals surface area contributed by atoms with Crippen LogP contribution in [0.4, 0.5) is 19.1 Å². The molecule has 0 atom stereocenters. The van der Waals surface area contributed by atoms with Crippen LogP contribution in [0.25, 0.3) is 0 Å². The van der Waals surface area contributed by atoms with Crippen molar-refractivity contribution in [3.8, 4) is 0 Å². The lowest BCUT2D eigenvalue weighted by Gasteiger charge is -2.07. The minimum absolute atomic E-state index is 0.146. The highest BCUT2D eigenvalue weighted by atomic mass is 19.4. The van der Waals surface area contributed by atoms with E-state index in [4.69, 9.17) is 4.42 Å². The van der Waals surface area contributed by atoms with Gasteiger partial charge in [0.1, 0.15) is 0 Å². The monoisotopic (exact) mass is 271 g/mol. The molecule has 19 heavy (non-hydrogen) atoms. The van der Waals surface area contributed by atoms with Crippen LogP contribution in [0.2, 0.25) is 0 Å². The summed E-state index contributed by atoms with van der Waals surface area (Å²) >= 11 is 0. The van der Waals surface area contributed by atoms with E-state index < -0.39 is 12.6 Å². The largest absolute Gasteiger partial charge is 0.472 e. The molecule has 0 unspecified atom stereocenters. The standard InChI is InChI=1S/C12H12F3N3O/c13-12(14,15)4-1-10-2-5-16-11(18-10)17-7-9-3-6-19-8-9/h2-3,5-6,8H,1,4,7H2,(H,16,17,18). The molecule has 0 saturated heterocycles. The second kappa shape index (κ2) is 5.73. The zero-order valence-corrected chi connectivity index (χ0v) is 9.94. The Morgan fingerprint density at radius 2 is 2.11 bits per heavy atom. The molecule has 102 valence electrons. The van der Waals surface area contributed by atoms with E-state index in [9.17, 15) is 13.2 Å². The van der Waals surface area contributed by atoms with Gasteiger partial charge in [0.05, 0.1) is 12.5 Å². The van der Waals surface area contributed by atoms with Gasteiger partial charge in [-0.25, -0.2) is 9.97 Å². The van der Waals surface area contributed by atoms with E-state index in [2.05, 4.69) is 15.3 Å². The Balaban J connectivity index is 1.91. The molecular weight excluding hydrogens is 259 g/mol. The average molecular weight is 271 g/mol. The number of aromatic nitrogens is 2. The van der Waals surface area contributed by atoms with Gasteiger partial charge in [-0.2, -0.15) is 13.2 Å². The number of furan rings is 1. The summed E-state index contributed by atoms with van der Waals surface area (Å²) in [7, 11) is 0. The molecule has 1 N–H and O–H groups in total. The Bertz CT molecular complexity index is 511.